The second-order valence-electron chi connectivity index (χ2n) is 6.49. The van der Waals surface area contributed by atoms with Crippen LogP contribution >= 0.6 is 23.4 Å². The van der Waals surface area contributed by atoms with Crippen molar-refractivity contribution in [3.8, 4) is 0 Å². The molecule has 0 radical (unpaired) electrons. The molecule has 0 spiro atoms. The fourth-order valence-electron chi connectivity index (χ4n) is 2.40. The highest BCUT2D eigenvalue weighted by Crippen LogP contribution is 2.30. The number of nitrogens with zero attached hydrogens (tertiary/aromatic N) is 1. The van der Waals surface area contributed by atoms with Crippen molar-refractivity contribution in [3.05, 3.63) is 28.8 Å². The molecule has 0 aliphatic carbocycles. The maximum atomic E-state index is 6.22. The number of halogens is 1. The molecule has 1 unspecified atom stereocenters. The first kappa shape index (κ1) is 16.0. The molecule has 1 heterocycles. The molecular weight excluding hydrogens is 288 g/mol. The smallest absolute Gasteiger partial charge is 0.0429 e. The van der Waals surface area contributed by atoms with Gasteiger partial charge in [-0.05, 0) is 45.4 Å². The number of hydrogen-bond acceptors (Lipinski definition) is 3. The third-order valence-corrected chi connectivity index (χ3v) is 4.96. The Hall–Kier alpha value is -0.380. The van der Waals surface area contributed by atoms with Gasteiger partial charge in [-0.1, -0.05) is 17.7 Å². The van der Waals surface area contributed by atoms with Crippen LogP contribution in [0.3, 0.4) is 0 Å². The highest BCUT2D eigenvalue weighted by molar-refractivity contribution is 7.99. The molecule has 1 N–H and O–H groups in total. The van der Waals surface area contributed by atoms with Crippen LogP contribution in [0.2, 0.25) is 5.02 Å². The maximum Gasteiger partial charge on any atom is 0.0429 e. The Morgan fingerprint density at radius 2 is 2.15 bits per heavy atom. The zero-order chi connectivity index (χ0) is 14.8. The summed E-state index contributed by atoms with van der Waals surface area (Å²) in [4.78, 5) is 2.50. The predicted molar refractivity (Wildman–Crippen MR) is 92.2 cm³/mol. The van der Waals surface area contributed by atoms with Gasteiger partial charge in [-0.25, -0.2) is 0 Å². The molecule has 1 fully saturated rings. The molecule has 1 aromatic carbocycles. The topological polar surface area (TPSA) is 15.3 Å². The molecule has 4 heteroatoms. The van der Waals surface area contributed by atoms with Crippen LogP contribution in [0.25, 0.3) is 0 Å². The van der Waals surface area contributed by atoms with Gasteiger partial charge in [0, 0.05) is 46.9 Å². The van der Waals surface area contributed by atoms with Crippen LogP contribution in [-0.2, 0) is 6.54 Å². The first-order valence-corrected chi connectivity index (χ1v) is 8.78. The van der Waals surface area contributed by atoms with Gasteiger partial charge in [-0.3, -0.25) is 0 Å². The summed E-state index contributed by atoms with van der Waals surface area (Å²) in [6.07, 6.45) is 0. The average molecular weight is 313 g/mol. The average Bonchev–Trinajstić information content (AvgIpc) is 2.37. The molecule has 20 heavy (non-hydrogen) atoms. The number of hydrogen-bond donors (Lipinski definition) is 1. The number of anilines is 1. The molecule has 0 amide bonds. The lowest BCUT2D eigenvalue weighted by molar-refractivity contribution is 0.424. The summed E-state index contributed by atoms with van der Waals surface area (Å²) < 4.78 is 0. The van der Waals surface area contributed by atoms with Gasteiger partial charge < -0.3 is 10.2 Å². The van der Waals surface area contributed by atoms with Gasteiger partial charge >= 0.3 is 0 Å². The van der Waals surface area contributed by atoms with Gasteiger partial charge in [-0.2, -0.15) is 11.8 Å². The SMILES string of the molecule is CC1CSCCN1c1cc(Cl)ccc1CNC(C)(C)C. The minimum absolute atomic E-state index is 0.125. The molecule has 1 aromatic rings. The van der Waals surface area contributed by atoms with Crippen molar-refractivity contribution in [2.24, 2.45) is 0 Å². The fraction of sp³-hybridized carbons (Fsp3) is 0.625. The standard InChI is InChI=1S/C16H25ClN2S/c1-12-11-20-8-7-19(12)15-9-14(17)6-5-13(15)10-18-16(2,3)4/h5-6,9,12,18H,7-8,10-11H2,1-4H3. The van der Waals surface area contributed by atoms with E-state index in [0.29, 0.717) is 6.04 Å². The van der Waals surface area contributed by atoms with Crippen molar-refractivity contribution in [2.75, 3.05) is 23.0 Å². The maximum absolute atomic E-state index is 6.22. The summed E-state index contributed by atoms with van der Waals surface area (Å²) in [7, 11) is 0. The minimum Gasteiger partial charge on any atom is -0.367 e. The highest BCUT2D eigenvalue weighted by atomic mass is 35.5. The Labute approximate surface area is 132 Å². The van der Waals surface area contributed by atoms with Crippen LogP contribution in [0, 0.1) is 0 Å². The summed E-state index contributed by atoms with van der Waals surface area (Å²) in [6.45, 7) is 10.9. The monoisotopic (exact) mass is 312 g/mol. The van der Waals surface area contributed by atoms with Crippen molar-refractivity contribution in [1.29, 1.82) is 0 Å². The zero-order valence-electron chi connectivity index (χ0n) is 12.9. The molecule has 2 rings (SSSR count). The van der Waals surface area contributed by atoms with E-state index in [9.17, 15) is 0 Å². The Morgan fingerprint density at radius 1 is 1.40 bits per heavy atom. The lowest BCUT2D eigenvalue weighted by Gasteiger charge is -2.37. The van der Waals surface area contributed by atoms with E-state index in [4.69, 9.17) is 11.6 Å². The fourth-order valence-corrected chi connectivity index (χ4v) is 3.58. The van der Waals surface area contributed by atoms with Crippen molar-refractivity contribution in [2.45, 2.75) is 45.8 Å². The van der Waals surface area contributed by atoms with E-state index in [2.05, 4.69) is 50.0 Å². The molecule has 0 bridgehead atoms. The van der Waals surface area contributed by atoms with Crippen LogP contribution in [0.15, 0.2) is 18.2 Å². The first-order chi connectivity index (χ1) is 9.37. The molecule has 112 valence electrons. The van der Waals surface area contributed by atoms with Crippen molar-refractivity contribution >= 4 is 29.1 Å². The van der Waals surface area contributed by atoms with Gasteiger partial charge in [0.25, 0.3) is 0 Å². The Bertz CT molecular complexity index is 456. The second kappa shape index (κ2) is 6.59. The van der Waals surface area contributed by atoms with Gasteiger partial charge in [0.2, 0.25) is 0 Å². The van der Waals surface area contributed by atoms with Crippen LogP contribution in [0.1, 0.15) is 33.3 Å². The van der Waals surface area contributed by atoms with Crippen LogP contribution in [0.5, 0.6) is 0 Å². The molecule has 1 saturated heterocycles. The summed E-state index contributed by atoms with van der Waals surface area (Å²) in [5, 5.41) is 4.40. The summed E-state index contributed by atoms with van der Waals surface area (Å²) in [5.41, 5.74) is 2.76. The van der Waals surface area contributed by atoms with Crippen LogP contribution in [-0.4, -0.2) is 29.6 Å². The quantitative estimate of drug-likeness (QED) is 0.902. The Balaban J connectivity index is 2.23. The lowest BCUT2D eigenvalue weighted by atomic mass is 10.1. The zero-order valence-corrected chi connectivity index (χ0v) is 14.4. The van der Waals surface area contributed by atoms with E-state index >= 15 is 0 Å². The molecule has 1 aliphatic rings. The molecule has 1 aliphatic heterocycles. The van der Waals surface area contributed by atoms with E-state index in [1.54, 1.807) is 0 Å². The summed E-state index contributed by atoms with van der Waals surface area (Å²) in [6, 6.07) is 6.84. The normalized spacial score (nSPS) is 20.2. The number of thioether (sulfide) groups is 1. The number of nitrogens with one attached hydrogen (secondary N) is 1. The number of rotatable bonds is 3. The molecule has 0 saturated carbocycles. The molecule has 2 nitrogen and oxygen atoms in total. The second-order valence-corrected chi connectivity index (χ2v) is 8.08. The van der Waals surface area contributed by atoms with E-state index in [0.717, 1.165) is 18.1 Å². The van der Waals surface area contributed by atoms with Crippen LogP contribution in [0.4, 0.5) is 5.69 Å². The van der Waals surface area contributed by atoms with Gasteiger partial charge in [-0.15, -0.1) is 0 Å². The highest BCUT2D eigenvalue weighted by Gasteiger charge is 2.22. The predicted octanol–water partition coefficient (Wildman–Crippen LogP) is 4.17. The van der Waals surface area contributed by atoms with E-state index in [-0.39, 0.29) is 5.54 Å². The molecular formula is C16H25ClN2S. The summed E-state index contributed by atoms with van der Waals surface area (Å²) in [5.74, 6) is 2.39. The lowest BCUT2D eigenvalue weighted by Crippen LogP contribution is -2.41. The molecule has 0 aromatic heterocycles. The van der Waals surface area contributed by atoms with Crippen LogP contribution < -0.4 is 10.2 Å². The van der Waals surface area contributed by atoms with Crippen molar-refractivity contribution in [3.63, 3.8) is 0 Å². The third-order valence-electron chi connectivity index (χ3n) is 3.53. The van der Waals surface area contributed by atoms with Gasteiger partial charge in [0.15, 0.2) is 0 Å². The van der Waals surface area contributed by atoms with Gasteiger partial charge in [0.1, 0.15) is 0 Å². The van der Waals surface area contributed by atoms with E-state index < -0.39 is 0 Å². The number of benzene rings is 1. The minimum atomic E-state index is 0.125. The van der Waals surface area contributed by atoms with Gasteiger partial charge in [0.05, 0.1) is 0 Å². The van der Waals surface area contributed by atoms with E-state index in [1.165, 1.54) is 22.8 Å². The van der Waals surface area contributed by atoms with Crippen molar-refractivity contribution in [1.82, 2.24) is 5.32 Å². The Morgan fingerprint density at radius 3 is 2.80 bits per heavy atom. The largest absolute Gasteiger partial charge is 0.367 e. The third kappa shape index (κ3) is 4.31. The first-order valence-electron chi connectivity index (χ1n) is 7.25. The van der Waals surface area contributed by atoms with Crippen molar-refractivity contribution < 1.29 is 0 Å². The Kier molecular flexibility index (Phi) is 5.27. The summed E-state index contributed by atoms with van der Waals surface area (Å²) >= 11 is 8.26. The van der Waals surface area contributed by atoms with E-state index in [1.807, 2.05) is 17.8 Å². The molecule has 1 atom stereocenters.